The van der Waals surface area contributed by atoms with Crippen molar-refractivity contribution in [2.45, 2.75) is 51.0 Å². The number of carbonyl (C=O) groups excluding carboxylic acids is 1. The molecule has 0 spiro atoms. The molecule has 4 N–H and O–H groups in total. The van der Waals surface area contributed by atoms with Crippen LogP contribution in [0.1, 0.15) is 66.2 Å². The van der Waals surface area contributed by atoms with E-state index in [4.69, 9.17) is 4.74 Å². The van der Waals surface area contributed by atoms with E-state index < -0.39 is 28.6 Å². The normalized spacial score (nSPS) is 19.0. The first-order valence-electron chi connectivity index (χ1n) is 10.1. The van der Waals surface area contributed by atoms with Crippen molar-refractivity contribution in [3.05, 3.63) is 55.9 Å². The highest BCUT2D eigenvalue weighted by molar-refractivity contribution is 5.94. The number of amides is 1. The molecule has 0 radical (unpaired) electrons. The van der Waals surface area contributed by atoms with Crippen molar-refractivity contribution in [3.8, 4) is 11.5 Å². The number of nitrogens with one attached hydrogen (secondary N) is 3. The molecule has 2 aliphatic carbocycles. The average molecular weight is 399 g/mol. The number of hydrogen-bond donors (Lipinski definition) is 4. The van der Waals surface area contributed by atoms with Gasteiger partial charge in [-0.15, -0.1) is 0 Å². The summed E-state index contributed by atoms with van der Waals surface area (Å²) >= 11 is 0. The highest BCUT2D eigenvalue weighted by Crippen LogP contribution is 2.36. The Labute approximate surface area is 167 Å². The van der Waals surface area contributed by atoms with Crippen molar-refractivity contribution in [3.63, 3.8) is 0 Å². The van der Waals surface area contributed by atoms with Gasteiger partial charge in [0.2, 0.25) is 5.75 Å². The summed E-state index contributed by atoms with van der Waals surface area (Å²) in [4.78, 5) is 39.7. The summed E-state index contributed by atoms with van der Waals surface area (Å²) in [6.07, 6.45) is 7.43. The number of fused-ring (bicyclic) bond motifs is 1. The molecule has 4 rings (SSSR count). The molecule has 0 aliphatic heterocycles. The predicted molar refractivity (Wildman–Crippen MR) is 106 cm³/mol. The van der Waals surface area contributed by atoms with Crippen LogP contribution in [0.5, 0.6) is 11.5 Å². The molecule has 1 heterocycles. The summed E-state index contributed by atoms with van der Waals surface area (Å²) in [7, 11) is 0. The van der Waals surface area contributed by atoms with Crippen molar-refractivity contribution >= 4 is 5.91 Å². The summed E-state index contributed by atoms with van der Waals surface area (Å²) < 4.78 is 6.13. The van der Waals surface area contributed by atoms with Crippen LogP contribution in [0.25, 0.3) is 0 Å². The number of aromatic hydroxyl groups is 1. The Morgan fingerprint density at radius 2 is 1.93 bits per heavy atom. The topological polar surface area (TPSA) is 124 Å². The average Bonchev–Trinajstić information content (AvgIpc) is 3.23. The minimum atomic E-state index is -0.995. The Morgan fingerprint density at radius 3 is 2.72 bits per heavy atom. The third kappa shape index (κ3) is 4.06. The molecule has 154 valence electrons. The molecule has 1 amide bonds. The van der Waals surface area contributed by atoms with E-state index in [1.165, 1.54) is 25.7 Å². The van der Waals surface area contributed by atoms with Gasteiger partial charge in [-0.25, -0.2) is 4.79 Å². The van der Waals surface area contributed by atoms with Crippen LogP contribution in [0.4, 0.5) is 0 Å². The fourth-order valence-corrected chi connectivity index (χ4v) is 4.36. The maximum Gasteiger partial charge on any atom is 0.326 e. The van der Waals surface area contributed by atoms with Crippen LogP contribution in [-0.4, -0.2) is 27.6 Å². The highest BCUT2D eigenvalue weighted by Gasteiger charge is 2.27. The summed E-state index contributed by atoms with van der Waals surface area (Å²) in [5.41, 5.74) is -0.208. The van der Waals surface area contributed by atoms with Gasteiger partial charge in [-0.3, -0.25) is 19.6 Å². The SMILES string of the molecule is O=C(NC1CCCc2c(OCC3CCCC3)cccc21)c1[nH]c(=O)[nH]c(=O)c1O. The number of H-pyrrole nitrogens is 2. The zero-order chi connectivity index (χ0) is 20.4. The molecule has 0 saturated heterocycles. The lowest BCUT2D eigenvalue weighted by Gasteiger charge is -2.28. The number of hydrogen-bond acceptors (Lipinski definition) is 5. The van der Waals surface area contributed by atoms with Crippen LogP contribution in [0.3, 0.4) is 0 Å². The lowest BCUT2D eigenvalue weighted by molar-refractivity contribution is 0.0923. The van der Waals surface area contributed by atoms with Crippen molar-refractivity contribution in [1.29, 1.82) is 0 Å². The standard InChI is InChI=1S/C21H25N3O5/c25-18-17(23-21(28)24-20(18)27)19(26)22-15-9-3-8-14-13(15)7-4-10-16(14)29-11-12-5-1-2-6-12/h4,7,10,12,15,25H,1-3,5-6,8-9,11H2,(H,22,26)(H2,23,24,27,28). The molecule has 8 heteroatoms. The zero-order valence-corrected chi connectivity index (χ0v) is 16.1. The molecule has 29 heavy (non-hydrogen) atoms. The molecule has 1 aromatic carbocycles. The van der Waals surface area contributed by atoms with Crippen LogP contribution in [0, 0.1) is 5.92 Å². The molecular formula is C21H25N3O5. The van der Waals surface area contributed by atoms with Crippen molar-refractivity contribution < 1.29 is 14.6 Å². The number of ether oxygens (including phenoxy) is 1. The van der Waals surface area contributed by atoms with Gasteiger partial charge in [0.1, 0.15) is 5.75 Å². The second-order valence-corrected chi connectivity index (χ2v) is 7.84. The minimum Gasteiger partial charge on any atom is -0.501 e. The van der Waals surface area contributed by atoms with Crippen molar-refractivity contribution in [2.24, 2.45) is 5.92 Å². The second kappa shape index (κ2) is 8.14. The fraction of sp³-hybridized carbons (Fsp3) is 0.476. The van der Waals surface area contributed by atoms with Gasteiger partial charge >= 0.3 is 5.69 Å². The molecule has 1 fully saturated rings. The fourth-order valence-electron chi connectivity index (χ4n) is 4.36. The van der Waals surface area contributed by atoms with Crippen LogP contribution >= 0.6 is 0 Å². The first kappa shape index (κ1) is 19.3. The smallest absolute Gasteiger partial charge is 0.326 e. The molecule has 2 aliphatic rings. The lowest BCUT2D eigenvalue weighted by atomic mass is 9.87. The van der Waals surface area contributed by atoms with Crippen LogP contribution in [-0.2, 0) is 6.42 Å². The Hall–Kier alpha value is -3.03. The summed E-state index contributed by atoms with van der Waals surface area (Å²) in [6, 6.07) is 5.56. The number of rotatable bonds is 5. The second-order valence-electron chi connectivity index (χ2n) is 7.84. The van der Waals surface area contributed by atoms with Crippen LogP contribution in [0.2, 0.25) is 0 Å². The Kier molecular flexibility index (Phi) is 5.42. The number of benzene rings is 1. The minimum absolute atomic E-state index is 0.288. The highest BCUT2D eigenvalue weighted by atomic mass is 16.5. The quantitative estimate of drug-likeness (QED) is 0.613. The van der Waals surface area contributed by atoms with Gasteiger partial charge in [0, 0.05) is 0 Å². The van der Waals surface area contributed by atoms with Gasteiger partial charge in [0.05, 0.1) is 12.6 Å². The molecule has 8 nitrogen and oxygen atoms in total. The molecule has 0 bridgehead atoms. The van der Waals surface area contributed by atoms with Crippen LogP contribution in [0.15, 0.2) is 27.8 Å². The van der Waals surface area contributed by atoms with E-state index >= 15 is 0 Å². The van der Waals surface area contributed by atoms with Crippen molar-refractivity contribution in [2.75, 3.05) is 6.61 Å². The molecule has 1 atom stereocenters. The Balaban J connectivity index is 1.54. The molecule has 2 aromatic rings. The van der Waals surface area contributed by atoms with Gasteiger partial charge in [-0.05, 0) is 55.2 Å². The van der Waals surface area contributed by atoms with E-state index in [0.29, 0.717) is 5.92 Å². The molecule has 1 saturated carbocycles. The van der Waals surface area contributed by atoms with E-state index in [1.54, 1.807) is 0 Å². The molecule has 1 aromatic heterocycles. The first-order valence-corrected chi connectivity index (χ1v) is 10.1. The van der Waals surface area contributed by atoms with E-state index in [2.05, 4.69) is 10.3 Å². The number of carbonyl (C=O) groups is 1. The predicted octanol–water partition coefficient (Wildman–Crippen LogP) is 2.15. The van der Waals surface area contributed by atoms with Crippen molar-refractivity contribution in [1.82, 2.24) is 15.3 Å². The Morgan fingerprint density at radius 1 is 1.14 bits per heavy atom. The Bertz CT molecular complexity index is 1020. The third-order valence-electron chi connectivity index (χ3n) is 5.86. The van der Waals surface area contributed by atoms with E-state index in [9.17, 15) is 19.5 Å². The zero-order valence-electron chi connectivity index (χ0n) is 16.1. The maximum absolute atomic E-state index is 12.6. The number of aromatic amines is 2. The largest absolute Gasteiger partial charge is 0.501 e. The van der Waals surface area contributed by atoms with E-state index in [-0.39, 0.29) is 6.04 Å². The maximum atomic E-state index is 12.6. The number of aromatic nitrogens is 2. The van der Waals surface area contributed by atoms with Gasteiger partial charge < -0.3 is 15.2 Å². The van der Waals surface area contributed by atoms with Crippen LogP contribution < -0.4 is 21.3 Å². The van der Waals surface area contributed by atoms with Gasteiger partial charge in [0.15, 0.2) is 5.69 Å². The molecule has 1 unspecified atom stereocenters. The lowest BCUT2D eigenvalue weighted by Crippen LogP contribution is -2.35. The third-order valence-corrected chi connectivity index (χ3v) is 5.86. The summed E-state index contributed by atoms with van der Waals surface area (Å²) in [5.74, 6) is -0.0192. The molecular weight excluding hydrogens is 374 g/mol. The van der Waals surface area contributed by atoms with E-state index in [0.717, 1.165) is 42.7 Å². The monoisotopic (exact) mass is 399 g/mol. The summed E-state index contributed by atoms with van der Waals surface area (Å²) in [5, 5.41) is 12.7. The van der Waals surface area contributed by atoms with E-state index in [1.807, 2.05) is 23.2 Å². The van der Waals surface area contributed by atoms with Gasteiger partial charge in [-0.2, -0.15) is 0 Å². The van der Waals surface area contributed by atoms with Gasteiger partial charge in [-0.1, -0.05) is 25.0 Å². The summed E-state index contributed by atoms with van der Waals surface area (Å²) in [6.45, 7) is 0.718. The van der Waals surface area contributed by atoms with Gasteiger partial charge in [0.25, 0.3) is 11.5 Å². The first-order chi connectivity index (χ1) is 14.0.